The number of esters is 2. The minimum Gasteiger partial charge on any atom is -0.490 e. The van der Waals surface area contributed by atoms with Crippen LogP contribution in [0.4, 0.5) is 0 Å². The minimum atomic E-state index is -3.44. The summed E-state index contributed by atoms with van der Waals surface area (Å²) in [5.41, 5.74) is 1.06. The second-order valence-electron chi connectivity index (χ2n) is 7.38. The van der Waals surface area contributed by atoms with Crippen molar-refractivity contribution in [3.8, 4) is 17.6 Å². The highest BCUT2D eigenvalue weighted by Gasteiger charge is 2.18. The van der Waals surface area contributed by atoms with E-state index in [1.807, 2.05) is 31.2 Å². The summed E-state index contributed by atoms with van der Waals surface area (Å²) in [5, 5.41) is 0. The Balaban J connectivity index is 2.55. The lowest BCUT2D eigenvalue weighted by atomic mass is 10.2. The Morgan fingerprint density at radius 3 is 2.56 bits per heavy atom. The zero-order chi connectivity index (χ0) is 24.0. The van der Waals surface area contributed by atoms with E-state index < -0.39 is 22.1 Å². The third-order valence-corrected chi connectivity index (χ3v) is 5.70. The number of sulfonamides is 1. The topological polar surface area (TPSA) is 99.2 Å². The first-order valence-electron chi connectivity index (χ1n) is 10.5. The van der Waals surface area contributed by atoms with Gasteiger partial charge in [-0.1, -0.05) is 18.1 Å². The van der Waals surface area contributed by atoms with Crippen LogP contribution in [0.3, 0.4) is 0 Å². The first kappa shape index (κ1) is 27.5. The van der Waals surface area contributed by atoms with E-state index in [-0.39, 0.29) is 32.1 Å². The molecule has 9 heteroatoms. The molecule has 0 N–H and O–H groups in total. The number of rotatable bonds is 13. The van der Waals surface area contributed by atoms with Crippen molar-refractivity contribution >= 4 is 22.0 Å². The van der Waals surface area contributed by atoms with Crippen LogP contribution in [-0.4, -0.2) is 63.8 Å². The summed E-state index contributed by atoms with van der Waals surface area (Å²) in [6.45, 7) is 3.78. The highest BCUT2D eigenvalue weighted by molar-refractivity contribution is 7.88. The number of carbonyl (C=O) groups excluding carboxylic acids is 2. The molecule has 0 fully saturated rings. The lowest BCUT2D eigenvalue weighted by Crippen LogP contribution is -2.32. The molecule has 8 nitrogen and oxygen atoms in total. The third kappa shape index (κ3) is 12.3. The average molecular weight is 468 g/mol. The monoisotopic (exact) mass is 467 g/mol. The quantitative estimate of drug-likeness (QED) is 0.250. The molecule has 1 atom stereocenters. The molecule has 32 heavy (non-hydrogen) atoms. The molecule has 0 spiro atoms. The van der Waals surface area contributed by atoms with Crippen molar-refractivity contribution in [1.29, 1.82) is 0 Å². The van der Waals surface area contributed by atoms with Gasteiger partial charge in [-0.25, -0.2) is 8.42 Å². The SMILES string of the molecule is COC(=O)CCCC#CCN(CCCC(COc1cccc(C)c1)OC(C)=O)S(C)(=O)=O. The predicted octanol–water partition coefficient (Wildman–Crippen LogP) is 2.69. The van der Waals surface area contributed by atoms with E-state index >= 15 is 0 Å². The van der Waals surface area contributed by atoms with Gasteiger partial charge in [0.2, 0.25) is 10.0 Å². The smallest absolute Gasteiger partial charge is 0.305 e. The van der Waals surface area contributed by atoms with Gasteiger partial charge in [0.1, 0.15) is 18.5 Å². The Labute approximate surface area is 191 Å². The summed E-state index contributed by atoms with van der Waals surface area (Å²) < 4.78 is 41.0. The van der Waals surface area contributed by atoms with Gasteiger partial charge in [0.25, 0.3) is 0 Å². The van der Waals surface area contributed by atoms with Crippen molar-refractivity contribution in [1.82, 2.24) is 4.31 Å². The number of carbonyl (C=O) groups is 2. The van der Waals surface area contributed by atoms with Crippen LogP contribution >= 0.6 is 0 Å². The van der Waals surface area contributed by atoms with Crippen molar-refractivity contribution < 1.29 is 32.2 Å². The summed E-state index contributed by atoms with van der Waals surface area (Å²) in [6.07, 6.45) is 2.90. The number of benzene rings is 1. The Morgan fingerprint density at radius 2 is 1.94 bits per heavy atom. The Hall–Kier alpha value is -2.57. The highest BCUT2D eigenvalue weighted by atomic mass is 32.2. The summed E-state index contributed by atoms with van der Waals surface area (Å²) in [5.74, 6) is 5.70. The molecular formula is C23H33NO7S. The van der Waals surface area contributed by atoms with E-state index in [0.29, 0.717) is 31.4 Å². The normalized spacial score (nSPS) is 11.9. The van der Waals surface area contributed by atoms with E-state index in [1.54, 1.807) is 0 Å². The van der Waals surface area contributed by atoms with Gasteiger partial charge in [0, 0.05) is 26.3 Å². The van der Waals surface area contributed by atoms with Crippen LogP contribution in [0.5, 0.6) is 5.75 Å². The molecule has 0 saturated carbocycles. The van der Waals surface area contributed by atoms with E-state index in [4.69, 9.17) is 9.47 Å². The van der Waals surface area contributed by atoms with Gasteiger partial charge in [-0.05, 0) is 43.9 Å². The average Bonchev–Trinajstić information content (AvgIpc) is 2.71. The molecule has 0 bridgehead atoms. The summed E-state index contributed by atoms with van der Waals surface area (Å²) >= 11 is 0. The molecule has 0 amide bonds. The fourth-order valence-electron chi connectivity index (χ4n) is 2.82. The molecule has 0 aliphatic heterocycles. The number of methoxy groups -OCH3 is 1. The number of aryl methyl sites for hydroxylation is 1. The fourth-order valence-corrected chi connectivity index (χ4v) is 3.58. The van der Waals surface area contributed by atoms with Gasteiger partial charge in [0.15, 0.2) is 0 Å². The van der Waals surface area contributed by atoms with Crippen LogP contribution in [-0.2, 0) is 29.1 Å². The molecule has 0 radical (unpaired) electrons. The first-order chi connectivity index (χ1) is 15.1. The molecule has 0 aromatic heterocycles. The fraction of sp³-hybridized carbons (Fsp3) is 0.565. The minimum absolute atomic E-state index is 0.0646. The maximum Gasteiger partial charge on any atom is 0.305 e. The van der Waals surface area contributed by atoms with Crippen LogP contribution in [0.25, 0.3) is 0 Å². The molecule has 1 rings (SSSR count). The molecular weight excluding hydrogens is 434 g/mol. The molecule has 0 heterocycles. The maximum absolute atomic E-state index is 12.1. The molecule has 1 aromatic carbocycles. The third-order valence-electron chi connectivity index (χ3n) is 4.45. The van der Waals surface area contributed by atoms with Crippen LogP contribution in [0.1, 0.15) is 44.6 Å². The second kappa shape index (κ2) is 14.5. The lowest BCUT2D eigenvalue weighted by molar-refractivity contribution is -0.148. The molecule has 0 aliphatic rings. The van der Waals surface area contributed by atoms with Gasteiger partial charge in [-0.15, -0.1) is 5.92 Å². The number of hydrogen-bond acceptors (Lipinski definition) is 7. The van der Waals surface area contributed by atoms with Crippen LogP contribution < -0.4 is 4.74 Å². The van der Waals surface area contributed by atoms with Crippen molar-refractivity contribution in [2.45, 2.75) is 52.1 Å². The Bertz CT molecular complexity index is 902. The number of ether oxygens (including phenoxy) is 3. The number of hydrogen-bond donors (Lipinski definition) is 0. The van der Waals surface area contributed by atoms with Crippen LogP contribution in [0.2, 0.25) is 0 Å². The summed E-state index contributed by atoms with van der Waals surface area (Å²) in [4.78, 5) is 22.5. The van der Waals surface area contributed by atoms with E-state index in [0.717, 1.165) is 11.8 Å². The van der Waals surface area contributed by atoms with Crippen molar-refractivity contribution in [3.63, 3.8) is 0 Å². The van der Waals surface area contributed by atoms with Crippen molar-refractivity contribution in [2.24, 2.45) is 0 Å². The molecule has 0 aliphatic carbocycles. The highest BCUT2D eigenvalue weighted by Crippen LogP contribution is 2.15. The standard InChI is InChI=1S/C23H33NO7S/c1-19-11-9-12-21(17-19)30-18-22(31-20(2)25)13-10-16-24(32(4,27)28)15-8-6-5-7-14-23(26)29-3/h9,11-12,17,22H,5,7,10,13-16,18H2,1-4H3. The van der Waals surface area contributed by atoms with Gasteiger partial charge >= 0.3 is 11.9 Å². The summed E-state index contributed by atoms with van der Waals surface area (Å²) in [7, 11) is -2.11. The van der Waals surface area contributed by atoms with Crippen LogP contribution in [0.15, 0.2) is 24.3 Å². The van der Waals surface area contributed by atoms with Gasteiger partial charge in [-0.3, -0.25) is 9.59 Å². The molecule has 1 aromatic rings. The zero-order valence-corrected chi connectivity index (χ0v) is 20.1. The Morgan fingerprint density at radius 1 is 1.19 bits per heavy atom. The van der Waals surface area contributed by atoms with Gasteiger partial charge in [-0.2, -0.15) is 4.31 Å². The largest absolute Gasteiger partial charge is 0.490 e. The summed E-state index contributed by atoms with van der Waals surface area (Å²) in [6, 6.07) is 7.55. The van der Waals surface area contributed by atoms with E-state index in [1.165, 1.54) is 18.3 Å². The molecule has 0 saturated heterocycles. The number of nitrogens with zero attached hydrogens (tertiary/aromatic N) is 1. The van der Waals surface area contributed by atoms with Gasteiger partial charge in [0.05, 0.1) is 19.9 Å². The Kier molecular flexibility index (Phi) is 12.4. The van der Waals surface area contributed by atoms with Gasteiger partial charge < -0.3 is 14.2 Å². The molecule has 178 valence electrons. The zero-order valence-electron chi connectivity index (χ0n) is 19.3. The van der Waals surface area contributed by atoms with E-state index in [9.17, 15) is 18.0 Å². The molecule has 1 unspecified atom stereocenters. The van der Waals surface area contributed by atoms with Crippen molar-refractivity contribution in [3.05, 3.63) is 29.8 Å². The maximum atomic E-state index is 12.1. The predicted molar refractivity (Wildman–Crippen MR) is 122 cm³/mol. The van der Waals surface area contributed by atoms with Crippen LogP contribution in [0, 0.1) is 18.8 Å². The lowest BCUT2D eigenvalue weighted by Gasteiger charge is -2.21. The first-order valence-corrected chi connectivity index (χ1v) is 12.3. The second-order valence-corrected chi connectivity index (χ2v) is 9.36. The van der Waals surface area contributed by atoms with Crippen molar-refractivity contribution in [2.75, 3.05) is 33.1 Å². The number of unbranched alkanes of at least 4 members (excludes halogenated alkanes) is 1. The van der Waals surface area contributed by atoms with E-state index in [2.05, 4.69) is 16.6 Å².